The highest BCUT2D eigenvalue weighted by Crippen LogP contribution is 2.20. The minimum absolute atomic E-state index is 0.0148. The van der Waals surface area contributed by atoms with Gasteiger partial charge in [0.15, 0.2) is 0 Å². The van der Waals surface area contributed by atoms with E-state index in [9.17, 15) is 4.79 Å². The van der Waals surface area contributed by atoms with Crippen LogP contribution in [0.4, 0.5) is 0 Å². The molecule has 1 amide bonds. The third kappa shape index (κ3) is 4.42. The number of nitrogens with zero attached hydrogens (tertiary/aromatic N) is 2. The summed E-state index contributed by atoms with van der Waals surface area (Å²) in [7, 11) is 3.93. The Morgan fingerprint density at radius 2 is 2.23 bits per heavy atom. The highest BCUT2D eigenvalue weighted by atomic mass is 32.1. The van der Waals surface area contributed by atoms with E-state index in [4.69, 9.17) is 4.42 Å². The lowest BCUT2D eigenvalue weighted by Gasteiger charge is -2.22. The van der Waals surface area contributed by atoms with Crippen LogP contribution in [0, 0.1) is 0 Å². The number of rotatable bonds is 7. The van der Waals surface area contributed by atoms with Gasteiger partial charge in [-0.25, -0.2) is 4.98 Å². The first-order valence-electron chi connectivity index (χ1n) is 7.38. The molecule has 0 bridgehead atoms. The lowest BCUT2D eigenvalue weighted by Crippen LogP contribution is -2.35. The van der Waals surface area contributed by atoms with Crippen molar-refractivity contribution in [3.8, 4) is 0 Å². The molecule has 5 nitrogen and oxygen atoms in total. The van der Waals surface area contributed by atoms with Gasteiger partial charge in [-0.15, -0.1) is 11.3 Å². The van der Waals surface area contributed by atoms with Gasteiger partial charge < -0.3 is 9.73 Å². The lowest BCUT2D eigenvalue weighted by atomic mass is 10.2. The van der Waals surface area contributed by atoms with Gasteiger partial charge in [0.05, 0.1) is 29.4 Å². The van der Waals surface area contributed by atoms with Crippen LogP contribution in [0.1, 0.15) is 42.3 Å². The normalized spacial score (nSPS) is 12.8. The molecular weight excluding hydrogens is 298 g/mol. The van der Waals surface area contributed by atoms with Crippen LogP contribution < -0.4 is 5.32 Å². The van der Waals surface area contributed by atoms with Gasteiger partial charge in [-0.1, -0.05) is 13.8 Å². The molecular formula is C16H23N3O2S. The number of hydrogen-bond acceptors (Lipinski definition) is 5. The molecule has 0 aliphatic carbocycles. The van der Waals surface area contributed by atoms with Crippen molar-refractivity contribution in [1.29, 1.82) is 0 Å². The summed E-state index contributed by atoms with van der Waals surface area (Å²) in [5.74, 6) is 1.24. The third-order valence-electron chi connectivity index (χ3n) is 3.39. The maximum atomic E-state index is 12.1. The van der Waals surface area contributed by atoms with Gasteiger partial charge in [0.2, 0.25) is 5.91 Å². The lowest BCUT2D eigenvalue weighted by molar-refractivity contribution is -0.120. The van der Waals surface area contributed by atoms with Gasteiger partial charge in [-0.2, -0.15) is 0 Å². The van der Waals surface area contributed by atoms with Crippen LogP contribution in [-0.2, 0) is 11.2 Å². The predicted octanol–water partition coefficient (Wildman–Crippen LogP) is 2.82. The Balaban J connectivity index is 1.88. The fourth-order valence-corrected chi connectivity index (χ4v) is 2.96. The minimum atomic E-state index is -0.0148. The van der Waals surface area contributed by atoms with Gasteiger partial charge in [0.25, 0.3) is 0 Å². The summed E-state index contributed by atoms with van der Waals surface area (Å²) in [6.45, 7) is 4.72. The molecule has 0 unspecified atom stereocenters. The minimum Gasteiger partial charge on any atom is -0.468 e. The summed E-state index contributed by atoms with van der Waals surface area (Å²) in [6.07, 6.45) is 1.97. The summed E-state index contributed by atoms with van der Waals surface area (Å²) >= 11 is 1.61. The fraction of sp³-hybridized carbons (Fsp3) is 0.500. The largest absolute Gasteiger partial charge is 0.468 e. The number of aromatic nitrogens is 1. The summed E-state index contributed by atoms with van der Waals surface area (Å²) < 4.78 is 5.43. The van der Waals surface area contributed by atoms with Crippen LogP contribution in [0.2, 0.25) is 0 Å². The maximum absolute atomic E-state index is 12.1. The van der Waals surface area contributed by atoms with Crippen molar-refractivity contribution in [2.24, 2.45) is 0 Å². The molecule has 0 radical (unpaired) electrons. The molecule has 0 spiro atoms. The molecule has 120 valence electrons. The molecule has 0 aliphatic heterocycles. The molecule has 2 aromatic rings. The molecule has 0 saturated carbocycles. The van der Waals surface area contributed by atoms with Crippen molar-refractivity contribution in [2.45, 2.75) is 32.2 Å². The van der Waals surface area contributed by atoms with E-state index >= 15 is 0 Å². The van der Waals surface area contributed by atoms with E-state index in [1.165, 1.54) is 0 Å². The van der Waals surface area contributed by atoms with E-state index in [1.807, 2.05) is 36.5 Å². The topological polar surface area (TPSA) is 58.4 Å². The van der Waals surface area contributed by atoms with E-state index < -0.39 is 0 Å². The molecule has 1 N–H and O–H groups in total. The van der Waals surface area contributed by atoms with Gasteiger partial charge in [-0.05, 0) is 26.2 Å². The van der Waals surface area contributed by atoms with Crippen molar-refractivity contribution in [3.63, 3.8) is 0 Å². The van der Waals surface area contributed by atoms with Gasteiger partial charge in [0, 0.05) is 17.8 Å². The number of nitrogens with one attached hydrogen (secondary N) is 1. The van der Waals surface area contributed by atoms with Crippen molar-refractivity contribution >= 4 is 17.2 Å². The van der Waals surface area contributed by atoms with E-state index in [0.717, 1.165) is 16.5 Å². The number of carbonyl (C=O) groups excluding carboxylic acids is 1. The summed E-state index contributed by atoms with van der Waals surface area (Å²) in [5.41, 5.74) is 0.839. The average molecular weight is 321 g/mol. The third-order valence-corrected chi connectivity index (χ3v) is 4.59. The van der Waals surface area contributed by atoms with Gasteiger partial charge in [-0.3, -0.25) is 9.69 Å². The Bertz CT molecular complexity index is 590. The first-order valence-corrected chi connectivity index (χ1v) is 8.26. The number of amides is 1. The Labute approximate surface area is 135 Å². The fourth-order valence-electron chi connectivity index (χ4n) is 2.13. The zero-order valence-electron chi connectivity index (χ0n) is 13.5. The van der Waals surface area contributed by atoms with E-state index in [1.54, 1.807) is 17.6 Å². The first kappa shape index (κ1) is 16.7. The predicted molar refractivity (Wildman–Crippen MR) is 88.1 cm³/mol. The molecule has 1 atom stereocenters. The first-order chi connectivity index (χ1) is 10.5. The van der Waals surface area contributed by atoms with Crippen LogP contribution in [-0.4, -0.2) is 36.4 Å². The van der Waals surface area contributed by atoms with Crippen molar-refractivity contribution in [2.75, 3.05) is 20.6 Å². The SMILES string of the molecule is CC(C)c1nc(CC(=O)NC[C@@H](c2ccco2)N(C)C)cs1. The number of likely N-dealkylation sites (N-methyl/N-ethyl adjacent to an activating group) is 1. The number of carbonyl (C=O) groups is 1. The Kier molecular flexibility index (Phi) is 5.74. The molecule has 0 aromatic carbocycles. The second kappa shape index (κ2) is 7.56. The van der Waals surface area contributed by atoms with Gasteiger partial charge >= 0.3 is 0 Å². The summed E-state index contributed by atoms with van der Waals surface area (Å²) in [6, 6.07) is 3.81. The molecule has 2 aromatic heterocycles. The Morgan fingerprint density at radius 1 is 1.45 bits per heavy atom. The monoisotopic (exact) mass is 321 g/mol. The van der Waals surface area contributed by atoms with E-state index in [0.29, 0.717) is 18.9 Å². The van der Waals surface area contributed by atoms with Crippen LogP contribution >= 0.6 is 11.3 Å². The quantitative estimate of drug-likeness (QED) is 0.852. The van der Waals surface area contributed by atoms with Crippen molar-refractivity contribution in [1.82, 2.24) is 15.2 Å². The maximum Gasteiger partial charge on any atom is 0.226 e. The second-order valence-corrected chi connectivity index (χ2v) is 6.70. The molecule has 22 heavy (non-hydrogen) atoms. The summed E-state index contributed by atoms with van der Waals surface area (Å²) in [4.78, 5) is 18.6. The van der Waals surface area contributed by atoms with Crippen LogP contribution in [0.3, 0.4) is 0 Å². The molecule has 2 rings (SSSR count). The van der Waals surface area contributed by atoms with Gasteiger partial charge in [0.1, 0.15) is 5.76 Å². The second-order valence-electron chi connectivity index (χ2n) is 5.81. The summed E-state index contributed by atoms with van der Waals surface area (Å²) in [5, 5.41) is 6.00. The van der Waals surface area contributed by atoms with E-state index in [-0.39, 0.29) is 11.9 Å². The number of furan rings is 1. The Hall–Kier alpha value is -1.66. The standard InChI is InChI=1S/C16H23N3O2S/c1-11(2)16-18-12(10-22-16)8-15(20)17-9-13(19(3)4)14-6-5-7-21-14/h5-7,10-11,13H,8-9H2,1-4H3,(H,17,20)/t13-/m0/s1. The number of hydrogen-bond donors (Lipinski definition) is 1. The molecule has 0 aliphatic rings. The highest BCUT2D eigenvalue weighted by molar-refractivity contribution is 7.09. The molecule has 0 saturated heterocycles. The molecule has 0 fully saturated rings. The molecule has 6 heteroatoms. The van der Waals surface area contributed by atoms with Crippen LogP contribution in [0.25, 0.3) is 0 Å². The molecule has 2 heterocycles. The average Bonchev–Trinajstić information content (AvgIpc) is 3.09. The van der Waals surface area contributed by atoms with Crippen molar-refractivity contribution in [3.05, 3.63) is 40.2 Å². The number of thiazole rings is 1. The Morgan fingerprint density at radius 3 is 2.77 bits per heavy atom. The van der Waals surface area contributed by atoms with Crippen molar-refractivity contribution < 1.29 is 9.21 Å². The van der Waals surface area contributed by atoms with E-state index in [2.05, 4.69) is 24.1 Å². The van der Waals surface area contributed by atoms with Crippen LogP contribution in [0.5, 0.6) is 0 Å². The zero-order chi connectivity index (χ0) is 16.1. The highest BCUT2D eigenvalue weighted by Gasteiger charge is 2.18. The zero-order valence-corrected chi connectivity index (χ0v) is 14.3. The van der Waals surface area contributed by atoms with Crippen LogP contribution in [0.15, 0.2) is 28.2 Å². The smallest absolute Gasteiger partial charge is 0.226 e.